The lowest BCUT2D eigenvalue weighted by molar-refractivity contribution is -0.164. The number of ether oxygens (including phenoxy) is 2. The molecule has 8 heteroatoms. The molecule has 0 radical (unpaired) electrons. The van der Waals surface area contributed by atoms with E-state index >= 15 is 0 Å². The lowest BCUT2D eigenvalue weighted by Gasteiger charge is -2.47. The number of likely N-dealkylation sites (tertiary alicyclic amines) is 1. The predicted octanol–water partition coefficient (Wildman–Crippen LogP) is 4.90. The lowest BCUT2D eigenvalue weighted by atomic mass is 9.66. The number of carbonyl (C=O) groups excluding carboxylic acids is 3. The summed E-state index contributed by atoms with van der Waals surface area (Å²) in [4.78, 5) is 46.3. The monoisotopic (exact) mass is 574 g/mol. The van der Waals surface area contributed by atoms with E-state index in [0.29, 0.717) is 25.8 Å². The van der Waals surface area contributed by atoms with Crippen molar-refractivity contribution in [2.75, 3.05) is 19.8 Å². The van der Waals surface area contributed by atoms with E-state index in [2.05, 4.69) is 33.9 Å². The van der Waals surface area contributed by atoms with Crippen molar-refractivity contribution < 1.29 is 29.0 Å². The Labute approximate surface area is 247 Å². The van der Waals surface area contributed by atoms with Gasteiger partial charge in [-0.25, -0.2) is 0 Å². The van der Waals surface area contributed by atoms with Crippen molar-refractivity contribution >= 4 is 17.8 Å². The number of hydrogen-bond acceptors (Lipinski definition) is 6. The Morgan fingerprint density at radius 1 is 1.17 bits per heavy atom. The number of fused-ring (bicyclic) bond motifs is 1. The Kier molecular flexibility index (Phi) is 9.91. The van der Waals surface area contributed by atoms with Crippen LogP contribution in [0.3, 0.4) is 0 Å². The average molecular weight is 575 g/mol. The second kappa shape index (κ2) is 12.2. The number of aliphatic hydroxyl groups excluding tert-OH is 1. The fourth-order valence-corrected chi connectivity index (χ4v) is 7.94. The van der Waals surface area contributed by atoms with Crippen LogP contribution in [0.4, 0.5) is 0 Å². The number of hydrogen-bond donors (Lipinski definition) is 1. The molecule has 1 spiro atoms. The van der Waals surface area contributed by atoms with Crippen LogP contribution in [-0.2, 0) is 23.9 Å². The summed E-state index contributed by atoms with van der Waals surface area (Å²) in [5.74, 6) is -2.75. The molecule has 0 aromatic heterocycles. The topological polar surface area (TPSA) is 96.4 Å². The molecule has 0 saturated carbocycles. The maximum absolute atomic E-state index is 14.8. The molecule has 3 fully saturated rings. The number of rotatable bonds is 14. The number of unbranched alkanes of at least 4 members (excludes halogenated alkanes) is 2. The van der Waals surface area contributed by atoms with Gasteiger partial charge in [-0.15, -0.1) is 13.2 Å². The Balaban J connectivity index is 2.08. The normalized spacial score (nSPS) is 30.0. The van der Waals surface area contributed by atoms with Crippen molar-refractivity contribution in [2.45, 2.75) is 123 Å². The minimum Gasteiger partial charge on any atom is -0.465 e. The summed E-state index contributed by atoms with van der Waals surface area (Å²) in [7, 11) is 0. The van der Waals surface area contributed by atoms with E-state index in [4.69, 9.17) is 9.47 Å². The molecule has 8 nitrogen and oxygen atoms in total. The maximum Gasteiger partial charge on any atom is 0.312 e. The number of esters is 1. The average Bonchev–Trinajstić information content (AvgIpc) is 3.41. The van der Waals surface area contributed by atoms with Crippen LogP contribution >= 0.6 is 0 Å². The van der Waals surface area contributed by atoms with Crippen molar-refractivity contribution in [3.05, 3.63) is 25.3 Å². The van der Waals surface area contributed by atoms with E-state index in [0.717, 1.165) is 19.3 Å². The highest BCUT2D eigenvalue weighted by atomic mass is 16.6. The highest BCUT2D eigenvalue weighted by Crippen LogP contribution is 2.64. The first-order chi connectivity index (χ1) is 19.0. The van der Waals surface area contributed by atoms with Crippen LogP contribution in [0.15, 0.2) is 25.3 Å². The number of allylic oxidation sites excluding steroid dienone is 1. The molecule has 0 aromatic carbocycles. The molecular weight excluding hydrogens is 520 g/mol. The van der Waals surface area contributed by atoms with Crippen molar-refractivity contribution in [3.8, 4) is 0 Å². The first-order valence-corrected chi connectivity index (χ1v) is 15.3. The molecule has 41 heavy (non-hydrogen) atoms. The molecule has 3 rings (SSSR count). The first-order valence-electron chi connectivity index (χ1n) is 15.3. The number of carbonyl (C=O) groups is 3. The molecule has 0 aromatic rings. The van der Waals surface area contributed by atoms with Crippen LogP contribution in [0.1, 0.15) is 93.9 Å². The van der Waals surface area contributed by atoms with E-state index in [-0.39, 0.29) is 36.4 Å². The van der Waals surface area contributed by atoms with Crippen LogP contribution in [0.5, 0.6) is 0 Å². The summed E-state index contributed by atoms with van der Waals surface area (Å²) in [5, 5.41) is 10.5. The minimum atomic E-state index is -1.17. The van der Waals surface area contributed by atoms with Gasteiger partial charge in [0.25, 0.3) is 0 Å². The molecule has 1 N–H and O–H groups in total. The molecule has 3 aliphatic heterocycles. The Morgan fingerprint density at radius 3 is 2.37 bits per heavy atom. The van der Waals surface area contributed by atoms with Crippen LogP contribution in [0, 0.1) is 23.2 Å². The highest BCUT2D eigenvalue weighted by Gasteiger charge is 2.79. The van der Waals surface area contributed by atoms with Gasteiger partial charge in [0.15, 0.2) is 0 Å². The van der Waals surface area contributed by atoms with Crippen LogP contribution in [-0.4, -0.2) is 81.3 Å². The molecule has 2 unspecified atom stereocenters. The molecule has 3 heterocycles. The Bertz CT molecular complexity index is 1020. The van der Waals surface area contributed by atoms with Gasteiger partial charge in [-0.3, -0.25) is 14.4 Å². The lowest BCUT2D eigenvalue weighted by Crippen LogP contribution is -2.63. The fraction of sp³-hybridized carbons (Fsp3) is 0.788. The van der Waals surface area contributed by atoms with E-state index in [1.807, 2.05) is 45.6 Å². The molecule has 0 aliphatic carbocycles. The first kappa shape index (κ1) is 33.3. The number of nitrogens with zero attached hydrogens (tertiary/aromatic N) is 2. The second-order valence-corrected chi connectivity index (χ2v) is 14.7. The van der Waals surface area contributed by atoms with Gasteiger partial charge in [0.05, 0.1) is 30.8 Å². The summed E-state index contributed by atoms with van der Waals surface area (Å²) in [6.45, 7) is 24.2. The summed E-state index contributed by atoms with van der Waals surface area (Å²) < 4.78 is 12.5. The Hall–Kier alpha value is -2.19. The van der Waals surface area contributed by atoms with Crippen molar-refractivity contribution in [2.24, 2.45) is 23.2 Å². The summed E-state index contributed by atoms with van der Waals surface area (Å²) in [6, 6.07) is -1.57. The van der Waals surface area contributed by atoms with Crippen molar-refractivity contribution in [3.63, 3.8) is 0 Å². The third-order valence-electron chi connectivity index (χ3n) is 9.33. The molecular formula is C33H54N2O6. The van der Waals surface area contributed by atoms with E-state index in [1.54, 1.807) is 11.0 Å². The summed E-state index contributed by atoms with van der Waals surface area (Å²) in [6.07, 6.45) is 7.71. The minimum absolute atomic E-state index is 0.0584. The van der Waals surface area contributed by atoms with Crippen molar-refractivity contribution in [1.29, 1.82) is 0 Å². The smallest absolute Gasteiger partial charge is 0.312 e. The van der Waals surface area contributed by atoms with Crippen LogP contribution < -0.4 is 0 Å². The second-order valence-electron chi connectivity index (χ2n) is 14.7. The van der Waals surface area contributed by atoms with E-state index in [9.17, 15) is 19.5 Å². The number of amides is 2. The van der Waals surface area contributed by atoms with Crippen molar-refractivity contribution in [1.82, 2.24) is 9.80 Å². The van der Waals surface area contributed by atoms with Gasteiger partial charge in [0, 0.05) is 12.1 Å². The van der Waals surface area contributed by atoms with E-state index in [1.165, 1.54) is 0 Å². The third-order valence-corrected chi connectivity index (χ3v) is 9.33. The standard InChI is InChI=1S/C33H54N2O6/c1-11-13-14-15-19-40-29(39)25-24-27(37)35(23(20-36)22(3)4)26(33(24)17-16-32(25,10)41-33)28(38)34(18-12-2)31(8,9)21-30(5,6)7/h11-12,22-26,36H,1-2,13-21H2,3-10H3/t23-,24-,25-,26?,32+,33?/m0/s1. The maximum atomic E-state index is 14.8. The van der Waals surface area contributed by atoms with Gasteiger partial charge in [-0.05, 0) is 70.6 Å². The zero-order valence-electron chi connectivity index (χ0n) is 26.7. The van der Waals surface area contributed by atoms with E-state index < -0.39 is 46.6 Å². The quantitative estimate of drug-likeness (QED) is 0.180. The Morgan fingerprint density at radius 2 is 1.83 bits per heavy atom. The predicted molar refractivity (Wildman–Crippen MR) is 160 cm³/mol. The largest absolute Gasteiger partial charge is 0.465 e. The van der Waals surface area contributed by atoms with Gasteiger partial charge in [-0.1, -0.05) is 46.8 Å². The van der Waals surface area contributed by atoms with Crippen LogP contribution in [0.25, 0.3) is 0 Å². The zero-order chi connectivity index (χ0) is 31.0. The summed E-state index contributed by atoms with van der Waals surface area (Å²) in [5.41, 5.74) is -2.68. The highest BCUT2D eigenvalue weighted by molar-refractivity contribution is 5.99. The molecule has 2 amide bonds. The molecule has 6 atom stereocenters. The van der Waals surface area contributed by atoms with Gasteiger partial charge >= 0.3 is 5.97 Å². The zero-order valence-corrected chi connectivity index (χ0v) is 26.7. The fourth-order valence-electron chi connectivity index (χ4n) is 7.94. The van der Waals surface area contributed by atoms with Gasteiger partial charge in [-0.2, -0.15) is 0 Å². The SMILES string of the molecule is C=CCCCCOC(=O)[C@@H]1[C@H]2C(=O)N([C@@H](CO)C(C)C)C(C(=O)N(CC=C)C(C)(C)CC(C)(C)C)C23CC[C@@]1(C)O3. The van der Waals surface area contributed by atoms with Gasteiger partial charge in [0.2, 0.25) is 11.8 Å². The third kappa shape index (κ3) is 6.15. The number of aliphatic hydroxyl groups is 1. The van der Waals surface area contributed by atoms with Gasteiger partial charge < -0.3 is 24.4 Å². The van der Waals surface area contributed by atoms with Crippen LogP contribution in [0.2, 0.25) is 0 Å². The molecule has 2 bridgehead atoms. The summed E-state index contributed by atoms with van der Waals surface area (Å²) >= 11 is 0. The molecule has 3 saturated heterocycles. The van der Waals surface area contributed by atoms with Gasteiger partial charge in [0.1, 0.15) is 17.6 Å². The molecule has 3 aliphatic rings. The molecule has 232 valence electrons.